The van der Waals surface area contributed by atoms with Crippen molar-refractivity contribution in [2.24, 2.45) is 0 Å². The highest BCUT2D eigenvalue weighted by Gasteiger charge is 2.26. The SMILES string of the molecule is O=C(c1cccc(C#Cc2ccccc2)c1)N1CCN(c2cccc[nH+]2)CC1. The van der Waals surface area contributed by atoms with Gasteiger partial charge in [-0.25, -0.2) is 4.98 Å². The smallest absolute Gasteiger partial charge is 0.274 e. The summed E-state index contributed by atoms with van der Waals surface area (Å²) in [6.45, 7) is 3.06. The largest absolute Gasteiger partial charge is 0.331 e. The van der Waals surface area contributed by atoms with E-state index < -0.39 is 0 Å². The van der Waals surface area contributed by atoms with Gasteiger partial charge in [0.25, 0.3) is 11.7 Å². The van der Waals surface area contributed by atoms with Crippen LogP contribution in [0, 0.1) is 11.8 Å². The van der Waals surface area contributed by atoms with E-state index in [1.54, 1.807) is 0 Å². The lowest BCUT2D eigenvalue weighted by Gasteiger charge is -2.31. The molecule has 4 nitrogen and oxygen atoms in total. The number of carbonyl (C=O) groups excluding carboxylic acids is 1. The quantitative estimate of drug-likeness (QED) is 0.653. The molecule has 0 bridgehead atoms. The van der Waals surface area contributed by atoms with Gasteiger partial charge in [0.05, 0.1) is 19.3 Å². The maximum Gasteiger partial charge on any atom is 0.274 e. The summed E-state index contributed by atoms with van der Waals surface area (Å²) in [6, 6.07) is 23.5. The van der Waals surface area contributed by atoms with Gasteiger partial charge in [0, 0.05) is 22.8 Å². The van der Waals surface area contributed by atoms with Crippen LogP contribution in [0.1, 0.15) is 21.5 Å². The highest BCUT2D eigenvalue weighted by atomic mass is 16.2. The third-order valence-corrected chi connectivity index (χ3v) is 4.83. The van der Waals surface area contributed by atoms with E-state index in [-0.39, 0.29) is 5.91 Å². The Kier molecular flexibility index (Phi) is 5.35. The molecule has 0 aliphatic carbocycles. The molecule has 0 saturated carbocycles. The van der Waals surface area contributed by atoms with E-state index in [1.807, 2.05) is 77.8 Å². The molecule has 2 aromatic carbocycles. The van der Waals surface area contributed by atoms with Crippen LogP contribution >= 0.6 is 0 Å². The van der Waals surface area contributed by atoms with Crippen LogP contribution in [0.4, 0.5) is 5.82 Å². The first kappa shape index (κ1) is 17.8. The maximum atomic E-state index is 12.9. The van der Waals surface area contributed by atoms with Crippen molar-refractivity contribution < 1.29 is 9.78 Å². The predicted octanol–water partition coefficient (Wildman–Crippen LogP) is 2.86. The average Bonchev–Trinajstić information content (AvgIpc) is 2.79. The summed E-state index contributed by atoms with van der Waals surface area (Å²) in [5.74, 6) is 7.46. The van der Waals surface area contributed by atoms with E-state index in [2.05, 4.69) is 27.8 Å². The zero-order valence-corrected chi connectivity index (χ0v) is 15.6. The number of nitrogens with one attached hydrogen (secondary N) is 1. The van der Waals surface area contributed by atoms with Gasteiger partial charge in [-0.15, -0.1) is 0 Å². The molecular weight excluding hydrogens is 346 g/mol. The van der Waals surface area contributed by atoms with Gasteiger partial charge in [-0.05, 0) is 36.4 Å². The fraction of sp³-hybridized carbons (Fsp3) is 0.167. The zero-order valence-electron chi connectivity index (χ0n) is 15.6. The number of anilines is 1. The van der Waals surface area contributed by atoms with Crippen molar-refractivity contribution >= 4 is 11.7 Å². The number of carbonyl (C=O) groups is 1. The van der Waals surface area contributed by atoms with Crippen LogP contribution < -0.4 is 9.88 Å². The summed E-state index contributed by atoms with van der Waals surface area (Å²) >= 11 is 0. The monoisotopic (exact) mass is 368 g/mol. The van der Waals surface area contributed by atoms with Gasteiger partial charge in [-0.1, -0.05) is 42.2 Å². The van der Waals surface area contributed by atoms with E-state index >= 15 is 0 Å². The summed E-state index contributed by atoms with van der Waals surface area (Å²) in [6.07, 6.45) is 1.93. The van der Waals surface area contributed by atoms with E-state index in [0.717, 1.165) is 30.0 Å². The van der Waals surface area contributed by atoms with E-state index in [9.17, 15) is 4.79 Å². The number of benzene rings is 2. The number of aromatic amines is 1. The summed E-state index contributed by atoms with van der Waals surface area (Å²) in [5.41, 5.74) is 2.51. The number of hydrogen-bond acceptors (Lipinski definition) is 2. The molecule has 0 spiro atoms. The number of H-pyrrole nitrogens is 1. The van der Waals surface area contributed by atoms with E-state index in [4.69, 9.17) is 0 Å². The van der Waals surface area contributed by atoms with Gasteiger partial charge in [-0.2, -0.15) is 0 Å². The van der Waals surface area contributed by atoms with E-state index in [1.165, 1.54) is 0 Å². The van der Waals surface area contributed by atoms with Crippen molar-refractivity contribution in [3.8, 4) is 11.8 Å². The van der Waals surface area contributed by atoms with Gasteiger partial charge in [0.1, 0.15) is 13.1 Å². The molecule has 1 aromatic heterocycles. The minimum atomic E-state index is 0.0695. The molecule has 1 aliphatic heterocycles. The highest BCUT2D eigenvalue weighted by Crippen LogP contribution is 2.14. The fourth-order valence-corrected chi connectivity index (χ4v) is 3.31. The van der Waals surface area contributed by atoms with Crippen molar-refractivity contribution in [1.82, 2.24) is 4.90 Å². The van der Waals surface area contributed by atoms with Crippen molar-refractivity contribution in [2.75, 3.05) is 31.1 Å². The minimum absolute atomic E-state index is 0.0695. The van der Waals surface area contributed by atoms with Crippen LogP contribution in [0.15, 0.2) is 79.0 Å². The molecule has 0 atom stereocenters. The Morgan fingerprint density at radius 3 is 2.25 bits per heavy atom. The van der Waals surface area contributed by atoms with Gasteiger partial charge >= 0.3 is 0 Å². The zero-order chi connectivity index (χ0) is 19.2. The van der Waals surface area contributed by atoms with Crippen molar-refractivity contribution in [3.05, 3.63) is 95.7 Å². The summed E-state index contributed by atoms with van der Waals surface area (Å²) in [4.78, 5) is 20.4. The fourth-order valence-electron chi connectivity index (χ4n) is 3.31. The molecule has 1 fully saturated rings. The molecule has 4 rings (SSSR count). The lowest BCUT2D eigenvalue weighted by Crippen LogP contribution is -2.50. The molecule has 0 unspecified atom stereocenters. The number of piperazine rings is 1. The standard InChI is InChI=1S/C24H21N3O/c28-24(27-17-15-26(16-18-27)23-11-4-5-14-25-23)22-10-6-9-21(19-22)13-12-20-7-2-1-3-8-20/h1-11,14,19H,15-18H2/p+1. The Morgan fingerprint density at radius 2 is 1.50 bits per heavy atom. The van der Waals surface area contributed by atoms with Crippen molar-refractivity contribution in [3.63, 3.8) is 0 Å². The first-order chi connectivity index (χ1) is 13.8. The number of hydrogen-bond donors (Lipinski definition) is 0. The van der Waals surface area contributed by atoms with Crippen molar-refractivity contribution in [2.45, 2.75) is 0 Å². The summed E-state index contributed by atoms with van der Waals surface area (Å²) in [7, 11) is 0. The van der Waals surface area contributed by atoms with Gasteiger partial charge in [-0.3, -0.25) is 9.69 Å². The number of rotatable bonds is 2. The Labute approximate surface area is 165 Å². The first-order valence-corrected chi connectivity index (χ1v) is 9.48. The lowest BCUT2D eigenvalue weighted by molar-refractivity contribution is -0.364. The minimum Gasteiger partial charge on any atom is -0.331 e. The molecule has 4 heteroatoms. The average molecular weight is 368 g/mol. The molecule has 1 aliphatic rings. The molecule has 1 saturated heterocycles. The van der Waals surface area contributed by atoms with Gasteiger partial charge in [0.15, 0.2) is 0 Å². The van der Waals surface area contributed by atoms with E-state index in [0.29, 0.717) is 18.7 Å². The molecule has 1 amide bonds. The highest BCUT2D eigenvalue weighted by molar-refractivity contribution is 5.94. The topological polar surface area (TPSA) is 37.7 Å². The summed E-state index contributed by atoms with van der Waals surface area (Å²) in [5, 5.41) is 0. The summed E-state index contributed by atoms with van der Waals surface area (Å²) < 4.78 is 0. The number of nitrogens with zero attached hydrogens (tertiary/aromatic N) is 2. The molecule has 3 aromatic rings. The van der Waals surface area contributed by atoms with Crippen LogP contribution in [0.2, 0.25) is 0 Å². The van der Waals surface area contributed by atoms with Crippen LogP contribution in [-0.4, -0.2) is 37.0 Å². The third kappa shape index (κ3) is 4.21. The number of amides is 1. The van der Waals surface area contributed by atoms with Crippen LogP contribution in [-0.2, 0) is 0 Å². The Hall–Kier alpha value is -3.58. The van der Waals surface area contributed by atoms with Crippen molar-refractivity contribution in [1.29, 1.82) is 0 Å². The molecule has 138 valence electrons. The lowest BCUT2D eigenvalue weighted by atomic mass is 10.1. The number of pyridine rings is 1. The van der Waals surface area contributed by atoms with Crippen LogP contribution in [0.3, 0.4) is 0 Å². The third-order valence-electron chi connectivity index (χ3n) is 4.83. The second kappa shape index (κ2) is 8.41. The maximum absolute atomic E-state index is 12.9. The second-order valence-corrected chi connectivity index (χ2v) is 6.72. The van der Waals surface area contributed by atoms with Gasteiger partial charge in [0.2, 0.25) is 0 Å². The van der Waals surface area contributed by atoms with Crippen LogP contribution in [0.5, 0.6) is 0 Å². The molecule has 1 N–H and O–H groups in total. The molecule has 2 heterocycles. The molecule has 0 radical (unpaired) electrons. The molecule has 28 heavy (non-hydrogen) atoms. The normalized spacial score (nSPS) is 13.6. The number of aromatic nitrogens is 1. The Balaban J connectivity index is 1.42. The first-order valence-electron chi connectivity index (χ1n) is 9.48. The van der Waals surface area contributed by atoms with Gasteiger partial charge < -0.3 is 4.90 Å². The Morgan fingerprint density at radius 1 is 0.786 bits per heavy atom. The Bertz CT molecular complexity index is 998. The molecular formula is C24H22N3O+. The predicted molar refractivity (Wildman–Crippen MR) is 110 cm³/mol. The second-order valence-electron chi connectivity index (χ2n) is 6.72. The van der Waals surface area contributed by atoms with Crippen LogP contribution in [0.25, 0.3) is 0 Å².